The Bertz CT molecular complexity index is 646. The van der Waals surface area contributed by atoms with Crippen molar-refractivity contribution in [2.24, 2.45) is 5.41 Å². The van der Waals surface area contributed by atoms with Crippen LogP contribution in [0.4, 0.5) is 4.79 Å². The monoisotopic (exact) mass is 388 g/mol. The molecule has 26 heavy (non-hydrogen) atoms. The molecule has 0 spiro atoms. The fourth-order valence-corrected chi connectivity index (χ4v) is 4.72. The smallest absolute Gasteiger partial charge is 0.435 e. The predicted octanol–water partition coefficient (Wildman–Crippen LogP) is 2.45. The highest BCUT2D eigenvalue weighted by molar-refractivity contribution is 7.67. The average Bonchev–Trinajstić information content (AvgIpc) is 2.88. The molecule has 1 aliphatic heterocycles. The molecule has 148 valence electrons. The van der Waals surface area contributed by atoms with Crippen LogP contribution in [0.25, 0.3) is 0 Å². The van der Waals surface area contributed by atoms with Crippen LogP contribution in [0.3, 0.4) is 0 Å². The van der Waals surface area contributed by atoms with Gasteiger partial charge in [-0.15, -0.1) is 5.10 Å². The number of hydrogen-bond donors (Lipinski definition) is 0. The SMILES string of the molecule is CCc1c([P+]2([O-])OCC(C)(C)CO2)c(OC(C)C)nn1C(=O)OC(C)C. The zero-order valence-corrected chi connectivity index (χ0v) is 17.5. The summed E-state index contributed by atoms with van der Waals surface area (Å²) in [6.07, 6.45) is -0.804. The number of ether oxygens (including phenoxy) is 2. The molecule has 1 aromatic heterocycles. The van der Waals surface area contributed by atoms with Crippen molar-refractivity contribution in [3.63, 3.8) is 0 Å². The van der Waals surface area contributed by atoms with Gasteiger partial charge in [0.2, 0.25) is 5.30 Å². The van der Waals surface area contributed by atoms with Crippen molar-refractivity contribution in [3.05, 3.63) is 5.69 Å². The second-order valence-corrected chi connectivity index (χ2v) is 9.63. The average molecular weight is 388 g/mol. The van der Waals surface area contributed by atoms with Crippen LogP contribution in [0.15, 0.2) is 0 Å². The number of aromatic nitrogens is 2. The van der Waals surface area contributed by atoms with E-state index in [-0.39, 0.29) is 42.0 Å². The Balaban J connectivity index is 2.51. The lowest BCUT2D eigenvalue weighted by atomic mass is 9.97. The Kier molecular flexibility index (Phi) is 6.33. The van der Waals surface area contributed by atoms with Crippen molar-refractivity contribution in [2.45, 2.75) is 67.1 Å². The van der Waals surface area contributed by atoms with Crippen LogP contribution in [-0.4, -0.2) is 41.3 Å². The molecule has 1 aromatic rings. The van der Waals surface area contributed by atoms with Crippen molar-refractivity contribution in [3.8, 4) is 5.88 Å². The first-order valence-electron chi connectivity index (χ1n) is 8.88. The first-order valence-corrected chi connectivity index (χ1v) is 10.4. The molecular weight excluding hydrogens is 359 g/mol. The Morgan fingerprint density at radius 2 is 1.85 bits per heavy atom. The third-order valence-electron chi connectivity index (χ3n) is 3.64. The van der Waals surface area contributed by atoms with Crippen LogP contribution < -0.4 is 14.9 Å². The second kappa shape index (κ2) is 7.80. The van der Waals surface area contributed by atoms with Gasteiger partial charge in [-0.25, -0.2) is 13.8 Å². The Hall–Kier alpha value is -1.21. The van der Waals surface area contributed by atoms with Crippen molar-refractivity contribution in [1.29, 1.82) is 0 Å². The normalized spacial score (nSPS) is 19.0. The molecule has 2 heterocycles. The number of rotatable bonds is 5. The van der Waals surface area contributed by atoms with Crippen molar-refractivity contribution < 1.29 is 28.2 Å². The summed E-state index contributed by atoms with van der Waals surface area (Å²) in [6.45, 7) is 13.4. The number of carbonyl (C=O) groups is 1. The fraction of sp³-hybridized carbons (Fsp3) is 0.765. The van der Waals surface area contributed by atoms with E-state index in [2.05, 4.69) is 5.10 Å². The van der Waals surface area contributed by atoms with E-state index in [1.807, 2.05) is 34.6 Å². The largest absolute Gasteiger partial charge is 0.627 e. The van der Waals surface area contributed by atoms with Gasteiger partial charge in [0, 0.05) is 5.41 Å². The first kappa shape index (κ1) is 21.1. The van der Waals surface area contributed by atoms with Gasteiger partial charge in [0.25, 0.3) is 13.8 Å². The van der Waals surface area contributed by atoms with Gasteiger partial charge >= 0.3 is 6.09 Å². The van der Waals surface area contributed by atoms with Crippen LogP contribution in [0.5, 0.6) is 5.88 Å². The Morgan fingerprint density at radius 3 is 2.31 bits per heavy atom. The minimum atomic E-state index is -3.66. The minimum absolute atomic E-state index is 0.0839. The van der Waals surface area contributed by atoms with Crippen molar-refractivity contribution in [2.75, 3.05) is 13.2 Å². The molecule has 0 saturated carbocycles. The zero-order chi connectivity index (χ0) is 19.7. The molecule has 0 radical (unpaired) electrons. The van der Waals surface area contributed by atoms with E-state index in [9.17, 15) is 9.69 Å². The number of hydrogen-bond acceptors (Lipinski definition) is 7. The third kappa shape index (κ3) is 4.55. The minimum Gasteiger partial charge on any atom is -0.627 e. The first-order chi connectivity index (χ1) is 12.0. The summed E-state index contributed by atoms with van der Waals surface area (Å²) < 4.78 is 23.4. The molecule has 0 aromatic carbocycles. The lowest BCUT2D eigenvalue weighted by molar-refractivity contribution is -0.227. The van der Waals surface area contributed by atoms with Crippen molar-refractivity contribution in [1.82, 2.24) is 9.78 Å². The molecule has 2 rings (SSSR count). The van der Waals surface area contributed by atoms with Gasteiger partial charge in [0.05, 0.1) is 12.2 Å². The molecule has 0 atom stereocenters. The molecule has 1 aliphatic rings. The second-order valence-electron chi connectivity index (χ2n) is 7.67. The predicted molar refractivity (Wildman–Crippen MR) is 96.6 cm³/mol. The van der Waals surface area contributed by atoms with Gasteiger partial charge in [-0.3, -0.25) is 0 Å². The molecule has 0 aliphatic carbocycles. The van der Waals surface area contributed by atoms with E-state index in [1.165, 1.54) is 0 Å². The van der Waals surface area contributed by atoms with Crippen LogP contribution in [-0.2, 0) is 20.2 Å². The lowest BCUT2D eigenvalue weighted by Gasteiger charge is -2.37. The van der Waals surface area contributed by atoms with Crippen LogP contribution >= 0.6 is 7.94 Å². The van der Waals surface area contributed by atoms with Crippen LogP contribution in [0.2, 0.25) is 0 Å². The van der Waals surface area contributed by atoms with E-state index in [0.717, 1.165) is 4.68 Å². The summed E-state index contributed by atoms with van der Waals surface area (Å²) in [4.78, 5) is 25.9. The highest BCUT2D eigenvalue weighted by atomic mass is 31.2. The summed E-state index contributed by atoms with van der Waals surface area (Å²) in [7, 11) is -3.66. The van der Waals surface area contributed by atoms with E-state index < -0.39 is 14.0 Å². The molecule has 0 amide bonds. The van der Waals surface area contributed by atoms with Gasteiger partial charge in [0.15, 0.2) is 0 Å². The van der Waals surface area contributed by atoms with Crippen molar-refractivity contribution >= 4 is 19.3 Å². The lowest BCUT2D eigenvalue weighted by Crippen LogP contribution is -2.40. The van der Waals surface area contributed by atoms with Crippen LogP contribution in [0.1, 0.15) is 54.2 Å². The Morgan fingerprint density at radius 1 is 1.27 bits per heavy atom. The number of nitrogens with zero attached hydrogens (tertiary/aromatic N) is 2. The van der Waals surface area contributed by atoms with E-state index in [4.69, 9.17) is 18.5 Å². The molecule has 9 heteroatoms. The molecule has 0 unspecified atom stereocenters. The maximum atomic E-state index is 13.4. The van der Waals surface area contributed by atoms with E-state index in [0.29, 0.717) is 12.1 Å². The summed E-state index contributed by atoms with van der Waals surface area (Å²) in [6, 6.07) is 0. The molecule has 8 nitrogen and oxygen atoms in total. The number of carbonyl (C=O) groups excluding carboxylic acids is 1. The highest BCUT2D eigenvalue weighted by Crippen LogP contribution is 2.58. The maximum absolute atomic E-state index is 13.4. The molecule has 1 saturated heterocycles. The summed E-state index contributed by atoms with van der Waals surface area (Å²) in [5.41, 5.74) is 0.167. The van der Waals surface area contributed by atoms with Gasteiger partial charge in [-0.2, -0.15) is 4.68 Å². The van der Waals surface area contributed by atoms with Gasteiger partial charge < -0.3 is 14.4 Å². The summed E-state index contributed by atoms with van der Waals surface area (Å²) >= 11 is 0. The molecule has 1 fully saturated rings. The standard InChI is InChI=1S/C17H29N2O6P/c1-8-13-14(26(21)22-9-17(6,7)10-23-26)15(24-11(2)3)18-19(13)16(20)25-12(4)5/h11-12H,8-10H2,1-7H3. The third-order valence-corrected chi connectivity index (χ3v) is 5.57. The summed E-state index contributed by atoms with van der Waals surface area (Å²) in [5, 5.41) is 4.43. The highest BCUT2D eigenvalue weighted by Gasteiger charge is 2.49. The van der Waals surface area contributed by atoms with Gasteiger partial charge in [-0.1, -0.05) is 20.8 Å². The van der Waals surface area contributed by atoms with Gasteiger partial charge in [-0.05, 0) is 34.1 Å². The topological polar surface area (TPSA) is 94.9 Å². The quantitative estimate of drug-likeness (QED) is 0.715. The van der Waals surface area contributed by atoms with E-state index >= 15 is 0 Å². The molecule has 0 N–H and O–H groups in total. The molecule has 0 bridgehead atoms. The van der Waals surface area contributed by atoms with E-state index in [1.54, 1.807) is 13.8 Å². The fourth-order valence-electron chi connectivity index (χ4n) is 2.45. The Labute approximate surface area is 155 Å². The maximum Gasteiger partial charge on any atom is 0.435 e. The summed E-state index contributed by atoms with van der Waals surface area (Å²) in [5.74, 6) is 0.0839. The van der Waals surface area contributed by atoms with Crippen LogP contribution in [0, 0.1) is 5.41 Å². The van der Waals surface area contributed by atoms with Gasteiger partial charge in [0.1, 0.15) is 18.9 Å². The molecular formula is C17H29N2O6P. The zero-order valence-electron chi connectivity index (χ0n) is 16.6.